The van der Waals surface area contributed by atoms with Gasteiger partial charge in [0.05, 0.1) is 17.6 Å². The van der Waals surface area contributed by atoms with Crippen LogP contribution >= 0.6 is 11.6 Å². The molecule has 1 aromatic heterocycles. The fourth-order valence-corrected chi connectivity index (χ4v) is 5.91. The van der Waals surface area contributed by atoms with Gasteiger partial charge in [0.15, 0.2) is 0 Å². The molecule has 3 aliphatic rings. The molecule has 28 heavy (non-hydrogen) atoms. The van der Waals surface area contributed by atoms with Crippen LogP contribution in [0.2, 0.25) is 5.02 Å². The maximum atomic E-state index is 6.39. The van der Waals surface area contributed by atoms with Gasteiger partial charge in [0.25, 0.3) is 0 Å². The lowest BCUT2D eigenvalue weighted by Gasteiger charge is -2.53. The van der Waals surface area contributed by atoms with Crippen molar-refractivity contribution in [2.75, 3.05) is 18.9 Å². The number of likely N-dealkylation sites (tertiary alicyclic amines) is 2. The first-order valence-corrected chi connectivity index (χ1v) is 10.6. The average molecular weight is 398 g/mol. The number of nitrogens with two attached hydrogens (primary N) is 1. The van der Waals surface area contributed by atoms with E-state index >= 15 is 0 Å². The number of imidazole rings is 1. The summed E-state index contributed by atoms with van der Waals surface area (Å²) in [6.07, 6.45) is 5.14. The van der Waals surface area contributed by atoms with E-state index in [0.717, 1.165) is 35.6 Å². The number of allylic oxidation sites excluding steroid dienone is 1. The van der Waals surface area contributed by atoms with Crippen molar-refractivity contribution in [2.24, 2.45) is 11.3 Å². The zero-order chi connectivity index (χ0) is 19.6. The topological polar surface area (TPSA) is 50.3 Å². The summed E-state index contributed by atoms with van der Waals surface area (Å²) in [6, 6.07) is 6.22. The highest BCUT2D eigenvalue weighted by atomic mass is 35.5. The van der Waals surface area contributed by atoms with Crippen LogP contribution in [0.15, 0.2) is 42.8 Å². The molecule has 5 rings (SSSR count). The van der Waals surface area contributed by atoms with E-state index in [-0.39, 0.29) is 5.41 Å². The number of aromatic nitrogens is 2. The van der Waals surface area contributed by atoms with Crippen molar-refractivity contribution in [1.82, 2.24) is 19.5 Å². The van der Waals surface area contributed by atoms with E-state index in [0.29, 0.717) is 23.5 Å². The van der Waals surface area contributed by atoms with Crippen LogP contribution in [0.25, 0.3) is 11.0 Å². The van der Waals surface area contributed by atoms with Crippen molar-refractivity contribution in [2.45, 2.75) is 45.2 Å². The van der Waals surface area contributed by atoms with E-state index in [1.165, 1.54) is 31.4 Å². The maximum absolute atomic E-state index is 6.39. The Morgan fingerprint density at radius 2 is 2.07 bits per heavy atom. The van der Waals surface area contributed by atoms with Crippen LogP contribution in [0.5, 0.6) is 0 Å². The van der Waals surface area contributed by atoms with Gasteiger partial charge in [-0.2, -0.15) is 0 Å². The summed E-state index contributed by atoms with van der Waals surface area (Å²) < 4.78 is 1.69. The molecule has 148 valence electrons. The molecule has 2 aromatic rings. The first-order valence-electron chi connectivity index (χ1n) is 10.2. The summed E-state index contributed by atoms with van der Waals surface area (Å²) >= 11 is 6.15. The van der Waals surface area contributed by atoms with E-state index < -0.39 is 0 Å². The Morgan fingerprint density at radius 3 is 2.82 bits per heavy atom. The number of rotatable bonds is 3. The molecule has 1 aromatic carbocycles. The lowest BCUT2D eigenvalue weighted by atomic mass is 9.64. The molecule has 0 amide bonds. The first-order chi connectivity index (χ1) is 13.4. The van der Waals surface area contributed by atoms with Crippen molar-refractivity contribution in [1.29, 1.82) is 0 Å². The Hall–Kier alpha value is -2.14. The summed E-state index contributed by atoms with van der Waals surface area (Å²) in [7, 11) is 0. The van der Waals surface area contributed by atoms with Gasteiger partial charge in [-0.25, -0.2) is 9.66 Å². The zero-order valence-electron chi connectivity index (χ0n) is 16.5. The van der Waals surface area contributed by atoms with E-state index in [2.05, 4.69) is 29.9 Å². The summed E-state index contributed by atoms with van der Waals surface area (Å²) in [5.41, 5.74) is 4.38. The van der Waals surface area contributed by atoms with Crippen LogP contribution in [-0.4, -0.2) is 38.6 Å². The molecular weight excluding hydrogens is 370 g/mol. The normalized spacial score (nSPS) is 26.0. The Bertz CT molecular complexity index is 971. The van der Waals surface area contributed by atoms with E-state index in [1.807, 2.05) is 18.2 Å². The average Bonchev–Trinajstić information content (AvgIpc) is 3.07. The summed E-state index contributed by atoms with van der Waals surface area (Å²) in [5, 5.41) is 0.678. The predicted octanol–water partition coefficient (Wildman–Crippen LogP) is 4.13. The quantitative estimate of drug-likeness (QED) is 0.791. The minimum Gasteiger partial charge on any atom is -0.373 e. The molecule has 2 unspecified atom stereocenters. The fraction of sp³-hybridized carbons (Fsp3) is 0.500. The molecule has 2 saturated heterocycles. The molecule has 5 nitrogen and oxygen atoms in total. The monoisotopic (exact) mass is 397 g/mol. The third-order valence-electron chi connectivity index (χ3n) is 7.28. The van der Waals surface area contributed by atoms with Crippen molar-refractivity contribution < 1.29 is 0 Å². The molecule has 2 atom stereocenters. The summed E-state index contributed by atoms with van der Waals surface area (Å²) in [4.78, 5) is 9.69. The van der Waals surface area contributed by atoms with Crippen LogP contribution in [0.3, 0.4) is 0 Å². The first kappa shape index (κ1) is 17.9. The second kappa shape index (κ2) is 6.18. The Balaban J connectivity index is 1.47. The van der Waals surface area contributed by atoms with Gasteiger partial charge in [0, 0.05) is 41.0 Å². The lowest BCUT2D eigenvalue weighted by Crippen LogP contribution is -2.58. The minimum atomic E-state index is 0.193. The van der Waals surface area contributed by atoms with Gasteiger partial charge < -0.3 is 15.6 Å². The molecule has 2 N–H and O–H groups in total. The van der Waals surface area contributed by atoms with E-state index in [9.17, 15) is 0 Å². The van der Waals surface area contributed by atoms with Gasteiger partial charge in [0.2, 0.25) is 0 Å². The van der Waals surface area contributed by atoms with Crippen LogP contribution in [0.1, 0.15) is 38.4 Å². The smallest absolute Gasteiger partial charge is 0.147 e. The maximum Gasteiger partial charge on any atom is 0.147 e. The van der Waals surface area contributed by atoms with Crippen molar-refractivity contribution in [3.63, 3.8) is 0 Å². The highest BCUT2D eigenvalue weighted by molar-refractivity contribution is 6.31. The number of nitrogens with zero attached hydrogens (tertiary/aromatic N) is 4. The van der Waals surface area contributed by atoms with Gasteiger partial charge in [-0.05, 0) is 43.9 Å². The Labute approximate surface area is 171 Å². The standard InChI is InChI=1S/C22H28ClN5/c1-14(2)26-12-22(13-26)15(3)27(19-7-5-4-6-17(19)22)11-21-25-18-9-8-16(23)10-20(18)28(21)24/h8-10,17,19H,1,3-7,11-13,24H2,2H3. The SMILES string of the molecule is C=C(C)N1CC2(C1)C(=C)N(Cc1nc3ccc(Cl)cc3n1N)C1CCCCC12. The number of hydrogen-bond donors (Lipinski definition) is 1. The second-order valence-corrected chi connectivity index (χ2v) is 9.25. The van der Waals surface area contributed by atoms with Crippen molar-refractivity contribution >= 4 is 22.6 Å². The molecule has 1 spiro atoms. The van der Waals surface area contributed by atoms with Crippen LogP contribution in [-0.2, 0) is 6.54 Å². The fourth-order valence-electron chi connectivity index (χ4n) is 5.74. The number of fused-ring (bicyclic) bond motifs is 3. The van der Waals surface area contributed by atoms with Gasteiger partial charge >= 0.3 is 0 Å². The van der Waals surface area contributed by atoms with Crippen LogP contribution < -0.4 is 5.84 Å². The Kier molecular flexibility index (Phi) is 3.96. The van der Waals surface area contributed by atoms with E-state index in [4.69, 9.17) is 22.4 Å². The summed E-state index contributed by atoms with van der Waals surface area (Å²) in [5.74, 6) is 7.94. The van der Waals surface area contributed by atoms with Crippen LogP contribution in [0.4, 0.5) is 0 Å². The number of halogens is 1. The molecule has 3 fully saturated rings. The summed E-state index contributed by atoms with van der Waals surface area (Å²) in [6.45, 7) is 13.6. The minimum absolute atomic E-state index is 0.193. The third-order valence-corrected chi connectivity index (χ3v) is 7.52. The van der Waals surface area contributed by atoms with Gasteiger partial charge in [-0.15, -0.1) is 0 Å². The predicted molar refractivity (Wildman–Crippen MR) is 114 cm³/mol. The molecule has 0 radical (unpaired) electrons. The molecular formula is C22H28ClN5. The van der Waals surface area contributed by atoms with Crippen molar-refractivity contribution in [3.8, 4) is 0 Å². The molecule has 1 saturated carbocycles. The Morgan fingerprint density at radius 1 is 1.32 bits per heavy atom. The van der Waals surface area contributed by atoms with Crippen LogP contribution in [0, 0.1) is 11.3 Å². The molecule has 0 bridgehead atoms. The second-order valence-electron chi connectivity index (χ2n) is 8.81. The molecule has 6 heteroatoms. The largest absolute Gasteiger partial charge is 0.373 e. The zero-order valence-corrected chi connectivity index (χ0v) is 17.3. The number of benzene rings is 1. The number of nitrogen functional groups attached to an aromatic ring is 1. The highest BCUT2D eigenvalue weighted by Crippen LogP contribution is 2.58. The van der Waals surface area contributed by atoms with Crippen molar-refractivity contribution in [3.05, 3.63) is 53.6 Å². The number of hydrogen-bond acceptors (Lipinski definition) is 4. The highest BCUT2D eigenvalue weighted by Gasteiger charge is 2.60. The van der Waals surface area contributed by atoms with Gasteiger partial charge in [0.1, 0.15) is 5.82 Å². The van der Waals surface area contributed by atoms with Gasteiger partial charge in [-0.1, -0.05) is 37.6 Å². The molecule has 2 aliphatic heterocycles. The van der Waals surface area contributed by atoms with Gasteiger partial charge in [-0.3, -0.25) is 0 Å². The third kappa shape index (κ3) is 2.41. The lowest BCUT2D eigenvalue weighted by molar-refractivity contribution is 0.0104. The molecule has 1 aliphatic carbocycles. The molecule has 3 heterocycles. The van der Waals surface area contributed by atoms with E-state index in [1.54, 1.807) is 4.68 Å².